The van der Waals surface area contributed by atoms with Gasteiger partial charge in [-0.1, -0.05) is 39.1 Å². The summed E-state index contributed by atoms with van der Waals surface area (Å²) >= 11 is 18.6. The van der Waals surface area contributed by atoms with Gasteiger partial charge in [-0.25, -0.2) is 10.2 Å². The number of benzene rings is 2. The molecule has 0 atom stereocenters. The van der Waals surface area contributed by atoms with Gasteiger partial charge >= 0.3 is 5.97 Å². The second-order valence-corrected chi connectivity index (χ2v) is 8.11. The number of halogens is 4. The van der Waals surface area contributed by atoms with E-state index in [1.165, 1.54) is 30.7 Å². The molecule has 29 heavy (non-hydrogen) atoms. The molecule has 0 spiro atoms. The minimum absolute atomic E-state index is 0.0494. The van der Waals surface area contributed by atoms with Gasteiger partial charge in [-0.2, -0.15) is 5.10 Å². The Hall–Kier alpha value is -2.13. The fraction of sp³-hybridized carbons (Fsp3) is 0. The van der Waals surface area contributed by atoms with Crippen LogP contribution in [0.5, 0.6) is 5.75 Å². The average molecular weight is 561 g/mol. The maximum Gasteiger partial charge on any atom is 0.379 e. The van der Waals surface area contributed by atoms with E-state index in [9.17, 15) is 9.59 Å². The summed E-state index contributed by atoms with van der Waals surface area (Å²) in [7, 11) is 0. The van der Waals surface area contributed by atoms with E-state index in [2.05, 4.69) is 42.4 Å². The predicted molar refractivity (Wildman–Crippen MR) is 117 cm³/mol. The summed E-state index contributed by atoms with van der Waals surface area (Å²) in [5.74, 6) is -0.943. The van der Waals surface area contributed by atoms with Crippen LogP contribution >= 0.6 is 55.1 Å². The van der Waals surface area contributed by atoms with Crippen LogP contribution in [0.1, 0.15) is 26.5 Å². The van der Waals surface area contributed by atoms with Gasteiger partial charge in [0, 0.05) is 15.1 Å². The standard InChI is InChI=1S/C19H10Br2Cl2N2O4/c20-11-6-10(9-24-25-18(26)13-4-3-12(22)8-15(13)23)17(14(21)7-11)29-19(27)16-2-1-5-28-16/h1-9H,(H,25,26)/b24-9-. The molecule has 6 nitrogen and oxygen atoms in total. The maximum absolute atomic E-state index is 12.3. The summed E-state index contributed by atoms with van der Waals surface area (Å²) in [4.78, 5) is 24.5. The number of nitrogens with one attached hydrogen (secondary N) is 1. The van der Waals surface area contributed by atoms with Crippen LogP contribution in [0.3, 0.4) is 0 Å². The third-order valence-electron chi connectivity index (χ3n) is 3.50. The van der Waals surface area contributed by atoms with E-state index in [1.807, 2.05) is 0 Å². The number of carbonyl (C=O) groups is 2. The predicted octanol–water partition coefficient (Wildman–Crippen LogP) is 6.09. The number of ether oxygens (including phenoxy) is 1. The molecule has 1 amide bonds. The lowest BCUT2D eigenvalue weighted by Crippen LogP contribution is -2.18. The molecule has 3 aromatic rings. The van der Waals surface area contributed by atoms with Crippen LogP contribution in [0.15, 0.2) is 67.2 Å². The molecular formula is C19H10Br2Cl2N2O4. The highest BCUT2D eigenvalue weighted by Crippen LogP contribution is 2.32. The van der Waals surface area contributed by atoms with Gasteiger partial charge in [-0.3, -0.25) is 4.79 Å². The second-order valence-electron chi connectivity index (χ2n) is 5.50. The Morgan fingerprint density at radius 1 is 1.14 bits per heavy atom. The van der Waals surface area contributed by atoms with Crippen LogP contribution in [0.2, 0.25) is 10.0 Å². The van der Waals surface area contributed by atoms with E-state index in [4.69, 9.17) is 32.4 Å². The van der Waals surface area contributed by atoms with Crippen molar-refractivity contribution >= 4 is 73.2 Å². The Morgan fingerprint density at radius 3 is 2.62 bits per heavy atom. The number of hydrogen-bond acceptors (Lipinski definition) is 5. The van der Waals surface area contributed by atoms with Gasteiger partial charge in [-0.15, -0.1) is 0 Å². The van der Waals surface area contributed by atoms with Crippen molar-refractivity contribution in [2.75, 3.05) is 0 Å². The lowest BCUT2D eigenvalue weighted by atomic mass is 10.2. The van der Waals surface area contributed by atoms with Crippen molar-refractivity contribution in [3.05, 3.63) is 84.6 Å². The van der Waals surface area contributed by atoms with Crippen molar-refractivity contribution in [2.24, 2.45) is 5.10 Å². The molecule has 10 heteroatoms. The van der Waals surface area contributed by atoms with Crippen molar-refractivity contribution in [3.63, 3.8) is 0 Å². The van der Waals surface area contributed by atoms with Gasteiger partial charge in [-0.05, 0) is 58.4 Å². The SMILES string of the molecule is O=C(Oc1c(Br)cc(Br)cc1/C=N\NC(=O)c1ccc(Cl)cc1Cl)c1ccco1. The third-order valence-corrected chi connectivity index (χ3v) is 5.09. The van der Waals surface area contributed by atoms with Crippen molar-refractivity contribution in [3.8, 4) is 5.75 Å². The van der Waals surface area contributed by atoms with Gasteiger partial charge in [0.25, 0.3) is 5.91 Å². The molecule has 0 aliphatic rings. The molecule has 0 fully saturated rings. The smallest absolute Gasteiger partial charge is 0.379 e. The number of hydrogen-bond donors (Lipinski definition) is 1. The number of hydrazone groups is 1. The van der Waals surface area contributed by atoms with Crippen molar-refractivity contribution in [1.29, 1.82) is 0 Å². The molecule has 148 valence electrons. The Labute approximate surface area is 192 Å². The van der Waals surface area contributed by atoms with Crippen LogP contribution in [-0.4, -0.2) is 18.1 Å². The molecule has 1 heterocycles. The summed E-state index contributed by atoms with van der Waals surface area (Å²) in [5, 5.41) is 4.53. The monoisotopic (exact) mass is 558 g/mol. The molecule has 3 rings (SSSR count). The normalized spacial score (nSPS) is 10.9. The number of rotatable bonds is 5. The Bertz CT molecular complexity index is 1100. The highest BCUT2D eigenvalue weighted by molar-refractivity contribution is 9.11. The largest absolute Gasteiger partial charge is 0.457 e. The highest BCUT2D eigenvalue weighted by atomic mass is 79.9. The van der Waals surface area contributed by atoms with E-state index in [0.717, 1.165) is 0 Å². The Balaban J connectivity index is 1.80. The van der Waals surface area contributed by atoms with Crippen LogP contribution in [0.25, 0.3) is 0 Å². The van der Waals surface area contributed by atoms with E-state index in [-0.39, 0.29) is 22.1 Å². The Kier molecular flexibility index (Phi) is 7.13. The van der Waals surface area contributed by atoms with Crippen molar-refractivity contribution < 1.29 is 18.7 Å². The van der Waals surface area contributed by atoms with Gasteiger partial charge in [0.2, 0.25) is 5.76 Å². The zero-order valence-corrected chi connectivity index (χ0v) is 19.0. The van der Waals surface area contributed by atoms with Gasteiger partial charge in [0.15, 0.2) is 5.75 Å². The summed E-state index contributed by atoms with van der Waals surface area (Å²) in [6.45, 7) is 0. The third kappa shape index (κ3) is 5.48. The number of esters is 1. The molecular weight excluding hydrogens is 551 g/mol. The van der Waals surface area contributed by atoms with E-state index in [1.54, 1.807) is 24.3 Å². The molecule has 0 saturated carbocycles. The maximum atomic E-state index is 12.3. The first-order chi connectivity index (χ1) is 13.8. The van der Waals surface area contributed by atoms with E-state index in [0.29, 0.717) is 19.5 Å². The zero-order chi connectivity index (χ0) is 21.0. The molecule has 0 aliphatic heterocycles. The van der Waals surface area contributed by atoms with Crippen molar-refractivity contribution in [2.45, 2.75) is 0 Å². The minimum Gasteiger partial charge on any atom is -0.457 e. The molecule has 0 saturated heterocycles. The minimum atomic E-state index is -0.676. The van der Waals surface area contributed by atoms with Crippen molar-refractivity contribution in [1.82, 2.24) is 5.43 Å². The Morgan fingerprint density at radius 2 is 1.93 bits per heavy atom. The lowest BCUT2D eigenvalue weighted by Gasteiger charge is -2.09. The number of nitrogens with zero attached hydrogens (tertiary/aromatic N) is 1. The molecule has 0 unspecified atom stereocenters. The summed E-state index contributed by atoms with van der Waals surface area (Å²) in [6.07, 6.45) is 2.70. The van der Waals surface area contributed by atoms with Crippen LogP contribution in [0.4, 0.5) is 0 Å². The van der Waals surface area contributed by atoms with Crippen LogP contribution in [0, 0.1) is 0 Å². The quantitative estimate of drug-likeness (QED) is 0.177. The van der Waals surface area contributed by atoms with E-state index >= 15 is 0 Å². The van der Waals surface area contributed by atoms with Crippen LogP contribution in [-0.2, 0) is 0 Å². The lowest BCUT2D eigenvalue weighted by molar-refractivity contribution is 0.0699. The van der Waals surface area contributed by atoms with Gasteiger partial charge in [0.1, 0.15) is 0 Å². The second kappa shape index (κ2) is 9.58. The molecule has 1 aromatic heterocycles. The molecule has 0 radical (unpaired) electrons. The molecule has 1 N–H and O–H groups in total. The zero-order valence-electron chi connectivity index (χ0n) is 14.3. The number of carbonyl (C=O) groups excluding carboxylic acids is 2. The highest BCUT2D eigenvalue weighted by Gasteiger charge is 2.17. The topological polar surface area (TPSA) is 80.9 Å². The van der Waals surface area contributed by atoms with Gasteiger partial charge < -0.3 is 9.15 Å². The summed E-state index contributed by atoms with van der Waals surface area (Å²) in [5.41, 5.74) is 3.01. The molecule has 2 aromatic carbocycles. The fourth-order valence-electron chi connectivity index (χ4n) is 2.22. The first-order valence-corrected chi connectivity index (χ1v) is 10.2. The van der Waals surface area contributed by atoms with Gasteiger partial charge in [0.05, 0.1) is 27.5 Å². The first kappa shape index (κ1) is 21.6. The van der Waals surface area contributed by atoms with E-state index < -0.39 is 11.9 Å². The summed E-state index contributed by atoms with van der Waals surface area (Å²) in [6, 6.07) is 10.9. The fourth-order valence-corrected chi connectivity index (χ4v) is 4.05. The average Bonchev–Trinajstić information content (AvgIpc) is 3.19. The molecule has 0 bridgehead atoms. The van der Waals surface area contributed by atoms with Crippen LogP contribution < -0.4 is 10.2 Å². The molecule has 0 aliphatic carbocycles. The first-order valence-electron chi connectivity index (χ1n) is 7.88. The number of furan rings is 1. The number of amides is 1. The summed E-state index contributed by atoms with van der Waals surface area (Å²) < 4.78 is 11.7.